The average molecular weight is 594 g/mol. The van der Waals surface area contributed by atoms with Gasteiger partial charge in [-0.3, -0.25) is 14.4 Å². The lowest BCUT2D eigenvalue weighted by atomic mass is 9.89. The summed E-state index contributed by atoms with van der Waals surface area (Å²) < 4.78 is 37.7. The van der Waals surface area contributed by atoms with E-state index >= 15 is 0 Å². The fraction of sp³-hybridized carbons (Fsp3) is 0.700. The lowest BCUT2D eigenvalue weighted by Gasteiger charge is -2.39. The second-order valence-corrected chi connectivity index (χ2v) is 13.2. The molecule has 1 saturated heterocycles. The Morgan fingerprint density at radius 3 is 2.20 bits per heavy atom. The molecule has 0 unspecified atom stereocenters. The molecule has 1 aliphatic carbocycles. The van der Waals surface area contributed by atoms with Gasteiger partial charge in [0.25, 0.3) is 0 Å². The normalized spacial score (nSPS) is 16.9. The van der Waals surface area contributed by atoms with Crippen LogP contribution < -0.4 is 4.74 Å². The predicted octanol–water partition coefficient (Wildman–Crippen LogP) is 3.59. The van der Waals surface area contributed by atoms with Crippen LogP contribution in [0.5, 0.6) is 5.75 Å². The summed E-state index contributed by atoms with van der Waals surface area (Å²) in [5, 5.41) is 0. The Bertz CT molecular complexity index is 1100. The average Bonchev–Trinajstić information content (AvgIpc) is 2.99. The van der Waals surface area contributed by atoms with Crippen molar-refractivity contribution in [3.63, 3.8) is 0 Å². The molecule has 2 amide bonds. The van der Waals surface area contributed by atoms with Gasteiger partial charge in [0.1, 0.15) is 5.75 Å². The second kappa shape index (κ2) is 16.1. The standard InChI is InChI=1S/C30H47N3O7S/c1-4-40-30(36)16-15-28(34)31-19-17-26(18-20-31)33(22-25-11-13-27(39-3)14-12-25)29(35)23-32(41(37,38)5-2)21-24-9-7-6-8-10-24/h11-14,24,26H,4-10,15-23H2,1-3H3. The number of methoxy groups -OCH3 is 1. The van der Waals surface area contributed by atoms with Crippen molar-refractivity contribution < 1.29 is 32.3 Å². The van der Waals surface area contributed by atoms with Crippen molar-refractivity contribution in [3.8, 4) is 5.75 Å². The first-order chi connectivity index (χ1) is 19.7. The van der Waals surface area contributed by atoms with Gasteiger partial charge in [0, 0.05) is 38.6 Å². The minimum absolute atomic E-state index is 0.0439. The number of sulfonamides is 1. The number of carbonyl (C=O) groups is 3. The zero-order valence-electron chi connectivity index (χ0n) is 24.9. The smallest absolute Gasteiger partial charge is 0.306 e. The Hall–Kier alpha value is -2.66. The molecule has 3 rings (SSSR count). The minimum atomic E-state index is -3.56. The number of amides is 2. The third-order valence-electron chi connectivity index (χ3n) is 8.19. The molecule has 41 heavy (non-hydrogen) atoms. The minimum Gasteiger partial charge on any atom is -0.497 e. The predicted molar refractivity (Wildman–Crippen MR) is 157 cm³/mol. The lowest BCUT2D eigenvalue weighted by Crippen LogP contribution is -2.52. The van der Waals surface area contributed by atoms with Crippen LogP contribution in [-0.2, 0) is 35.7 Å². The molecule has 0 radical (unpaired) electrons. The Morgan fingerprint density at radius 2 is 1.61 bits per heavy atom. The molecule has 230 valence electrons. The van der Waals surface area contributed by atoms with Crippen LogP contribution in [0.2, 0.25) is 0 Å². The van der Waals surface area contributed by atoms with Crippen LogP contribution >= 0.6 is 0 Å². The number of rotatable bonds is 14. The van der Waals surface area contributed by atoms with E-state index in [9.17, 15) is 22.8 Å². The molecular weight excluding hydrogens is 546 g/mol. The first-order valence-corrected chi connectivity index (χ1v) is 16.6. The topological polar surface area (TPSA) is 114 Å². The zero-order chi connectivity index (χ0) is 29.8. The molecule has 10 nitrogen and oxygen atoms in total. The largest absolute Gasteiger partial charge is 0.497 e. The van der Waals surface area contributed by atoms with Gasteiger partial charge in [-0.05, 0) is 63.1 Å². The quantitative estimate of drug-likeness (QED) is 0.303. The Labute approximate surface area is 245 Å². The van der Waals surface area contributed by atoms with Crippen molar-refractivity contribution in [2.24, 2.45) is 5.92 Å². The maximum atomic E-state index is 13.9. The van der Waals surface area contributed by atoms with E-state index in [1.54, 1.807) is 30.8 Å². The molecule has 0 bridgehead atoms. The Morgan fingerprint density at radius 1 is 0.951 bits per heavy atom. The second-order valence-electron chi connectivity index (χ2n) is 11.0. The van der Waals surface area contributed by atoms with Gasteiger partial charge >= 0.3 is 5.97 Å². The molecule has 2 aliphatic rings. The number of carbonyl (C=O) groups excluding carboxylic acids is 3. The summed E-state index contributed by atoms with van der Waals surface area (Å²) in [5.74, 6) is 0.244. The molecule has 1 aromatic carbocycles. The maximum Gasteiger partial charge on any atom is 0.306 e. The van der Waals surface area contributed by atoms with E-state index in [1.165, 1.54) is 10.7 Å². The Balaban J connectivity index is 1.72. The third-order valence-corrected chi connectivity index (χ3v) is 9.99. The van der Waals surface area contributed by atoms with E-state index < -0.39 is 10.0 Å². The van der Waals surface area contributed by atoms with E-state index in [1.807, 2.05) is 24.3 Å². The molecule has 1 heterocycles. The van der Waals surface area contributed by atoms with Crippen LogP contribution in [0, 0.1) is 5.92 Å². The molecule has 0 N–H and O–H groups in total. The summed E-state index contributed by atoms with van der Waals surface area (Å²) in [7, 11) is -1.96. The van der Waals surface area contributed by atoms with Crippen LogP contribution in [0.25, 0.3) is 0 Å². The summed E-state index contributed by atoms with van der Waals surface area (Å²) in [6.07, 6.45) is 6.66. The van der Waals surface area contributed by atoms with Crippen molar-refractivity contribution in [3.05, 3.63) is 29.8 Å². The SMILES string of the molecule is CCOC(=O)CCC(=O)N1CCC(N(Cc2ccc(OC)cc2)C(=O)CN(CC2CCCCC2)S(=O)(=O)CC)CC1. The highest BCUT2D eigenvalue weighted by molar-refractivity contribution is 7.89. The van der Waals surface area contributed by atoms with Crippen molar-refractivity contribution in [1.82, 2.24) is 14.1 Å². The van der Waals surface area contributed by atoms with Crippen molar-refractivity contribution in [1.29, 1.82) is 0 Å². The summed E-state index contributed by atoms with van der Waals surface area (Å²) in [5.41, 5.74) is 0.921. The molecular formula is C30H47N3O7S. The van der Waals surface area contributed by atoms with Gasteiger partial charge in [0.2, 0.25) is 21.8 Å². The first kappa shape index (κ1) is 32.8. The van der Waals surface area contributed by atoms with Crippen LogP contribution in [0.15, 0.2) is 24.3 Å². The van der Waals surface area contributed by atoms with Crippen molar-refractivity contribution >= 4 is 27.8 Å². The number of likely N-dealkylation sites (tertiary alicyclic amines) is 1. The van der Waals surface area contributed by atoms with Gasteiger partial charge in [-0.1, -0.05) is 31.4 Å². The van der Waals surface area contributed by atoms with Gasteiger partial charge < -0.3 is 19.3 Å². The number of piperidine rings is 1. The summed E-state index contributed by atoms with van der Waals surface area (Å²) in [6, 6.07) is 7.38. The number of ether oxygens (including phenoxy) is 2. The van der Waals surface area contributed by atoms with Crippen molar-refractivity contribution in [2.75, 3.05) is 45.6 Å². The highest BCUT2D eigenvalue weighted by atomic mass is 32.2. The van der Waals surface area contributed by atoms with Crippen LogP contribution in [-0.4, -0.2) is 92.0 Å². The summed E-state index contributed by atoms with van der Waals surface area (Å²) >= 11 is 0. The lowest BCUT2D eigenvalue weighted by molar-refractivity contribution is -0.146. The van der Waals surface area contributed by atoms with E-state index in [0.29, 0.717) is 44.8 Å². The molecule has 0 atom stereocenters. The number of nitrogens with zero attached hydrogens (tertiary/aromatic N) is 3. The number of hydrogen-bond acceptors (Lipinski definition) is 7. The molecule has 11 heteroatoms. The first-order valence-electron chi connectivity index (χ1n) is 15.0. The van der Waals surface area contributed by atoms with E-state index in [0.717, 1.165) is 31.2 Å². The number of hydrogen-bond donors (Lipinski definition) is 0. The van der Waals surface area contributed by atoms with Crippen molar-refractivity contribution in [2.45, 2.75) is 84.2 Å². The van der Waals surface area contributed by atoms with Gasteiger partial charge in [-0.15, -0.1) is 0 Å². The van der Waals surface area contributed by atoms with Crippen LogP contribution in [0.1, 0.15) is 77.2 Å². The van der Waals surface area contributed by atoms with Gasteiger partial charge in [-0.25, -0.2) is 8.42 Å². The molecule has 0 spiro atoms. The van der Waals surface area contributed by atoms with Gasteiger partial charge in [-0.2, -0.15) is 4.31 Å². The van der Waals surface area contributed by atoms with E-state index in [4.69, 9.17) is 9.47 Å². The fourth-order valence-corrected chi connectivity index (χ4v) is 6.84. The molecule has 1 aliphatic heterocycles. The van der Waals surface area contributed by atoms with Crippen LogP contribution in [0.4, 0.5) is 0 Å². The molecule has 2 fully saturated rings. The van der Waals surface area contributed by atoms with E-state index in [2.05, 4.69) is 0 Å². The number of esters is 1. The monoisotopic (exact) mass is 593 g/mol. The molecule has 1 saturated carbocycles. The van der Waals surface area contributed by atoms with Gasteiger partial charge in [0.05, 0.1) is 32.4 Å². The third kappa shape index (κ3) is 9.99. The van der Waals surface area contributed by atoms with Crippen LogP contribution in [0.3, 0.4) is 0 Å². The number of benzene rings is 1. The highest BCUT2D eigenvalue weighted by Crippen LogP contribution is 2.26. The molecule has 1 aromatic rings. The summed E-state index contributed by atoms with van der Waals surface area (Å²) in [4.78, 5) is 41.8. The zero-order valence-corrected chi connectivity index (χ0v) is 25.7. The maximum absolute atomic E-state index is 13.9. The van der Waals surface area contributed by atoms with Gasteiger partial charge in [0.15, 0.2) is 0 Å². The fourth-order valence-electron chi connectivity index (χ4n) is 5.73. The molecule has 0 aromatic heterocycles. The highest BCUT2D eigenvalue weighted by Gasteiger charge is 2.33. The van der Waals surface area contributed by atoms with E-state index in [-0.39, 0.29) is 61.5 Å². The summed E-state index contributed by atoms with van der Waals surface area (Å²) in [6.45, 7) is 5.12. The Kier molecular flexibility index (Phi) is 12.9.